The van der Waals surface area contributed by atoms with Gasteiger partial charge in [-0.1, -0.05) is 0 Å². The zero-order chi connectivity index (χ0) is 21.2. The fourth-order valence-electron chi connectivity index (χ4n) is 2.87. The first-order valence-electron chi connectivity index (χ1n) is 8.52. The molecule has 10 nitrogen and oxygen atoms in total. The van der Waals surface area contributed by atoms with Gasteiger partial charge < -0.3 is 29.9 Å². The van der Waals surface area contributed by atoms with Crippen molar-refractivity contribution in [2.24, 2.45) is 0 Å². The zero-order valence-electron chi connectivity index (χ0n) is 14.8. The molecule has 0 bridgehead atoms. The summed E-state index contributed by atoms with van der Waals surface area (Å²) in [7, 11) is 0. The lowest BCUT2D eigenvalue weighted by Crippen LogP contribution is -2.52. The highest BCUT2D eigenvalue weighted by Crippen LogP contribution is 2.31. The van der Waals surface area contributed by atoms with Gasteiger partial charge in [-0.2, -0.15) is 13.2 Å². The van der Waals surface area contributed by atoms with Crippen molar-refractivity contribution in [3.8, 4) is 0 Å². The van der Waals surface area contributed by atoms with Gasteiger partial charge in [-0.05, 0) is 0 Å². The maximum Gasteiger partial charge on any atom is 0.434 e. The van der Waals surface area contributed by atoms with Crippen molar-refractivity contribution in [2.45, 2.75) is 43.5 Å². The highest BCUT2D eigenvalue weighted by Gasteiger charge is 2.41. The molecule has 2 aromatic heterocycles. The maximum atomic E-state index is 12.9. The molecule has 0 amide bonds. The summed E-state index contributed by atoms with van der Waals surface area (Å²) >= 11 is 0. The number of nitrogens with zero attached hydrogens (tertiary/aromatic N) is 4. The molecule has 1 fully saturated rings. The lowest BCUT2D eigenvalue weighted by molar-refractivity contribution is -0.141. The van der Waals surface area contributed by atoms with E-state index in [4.69, 9.17) is 9.84 Å². The van der Waals surface area contributed by atoms with Crippen molar-refractivity contribution in [3.05, 3.63) is 36.3 Å². The largest absolute Gasteiger partial charge is 0.481 e. The van der Waals surface area contributed by atoms with E-state index in [0.29, 0.717) is 11.9 Å². The number of hydrogen-bond acceptors (Lipinski definition) is 8. The number of alkyl halides is 3. The minimum Gasteiger partial charge on any atom is -0.481 e. The Labute approximate surface area is 162 Å². The first kappa shape index (κ1) is 21.0. The predicted octanol–water partition coefficient (Wildman–Crippen LogP) is 0.440. The summed E-state index contributed by atoms with van der Waals surface area (Å²) in [6.45, 7) is -0.0717. The smallest absolute Gasteiger partial charge is 0.434 e. The van der Waals surface area contributed by atoms with Crippen molar-refractivity contribution >= 4 is 11.8 Å². The van der Waals surface area contributed by atoms with Gasteiger partial charge in [-0.25, -0.2) is 9.97 Å². The normalized spacial score (nSPS) is 25.0. The fraction of sp³-hybridized carbons (Fsp3) is 0.500. The number of carboxylic acid groups (broad SMARTS) is 1. The van der Waals surface area contributed by atoms with Crippen LogP contribution in [0.1, 0.15) is 23.9 Å². The second kappa shape index (κ2) is 8.31. The third-order valence-electron chi connectivity index (χ3n) is 4.30. The van der Waals surface area contributed by atoms with Gasteiger partial charge >= 0.3 is 12.1 Å². The second-order valence-electron chi connectivity index (χ2n) is 6.45. The van der Waals surface area contributed by atoms with Crippen LogP contribution in [0, 0.1) is 0 Å². The highest BCUT2D eigenvalue weighted by atomic mass is 19.4. The molecule has 0 saturated carbocycles. The number of rotatable bonds is 6. The van der Waals surface area contributed by atoms with Crippen molar-refractivity contribution in [3.63, 3.8) is 0 Å². The number of aliphatic hydroxyl groups is 2. The SMILES string of the molecule is O=C(O)CCn1cnc([C@H]2OC[C@H](O)[C@H](O)[C@H]2Nc2cncc(C(F)(F)F)n2)c1. The molecule has 29 heavy (non-hydrogen) atoms. The number of carboxylic acids is 1. The van der Waals surface area contributed by atoms with E-state index < -0.39 is 42.2 Å². The second-order valence-corrected chi connectivity index (χ2v) is 6.45. The number of anilines is 1. The van der Waals surface area contributed by atoms with Crippen LogP contribution in [0.5, 0.6) is 0 Å². The first-order valence-corrected chi connectivity index (χ1v) is 8.52. The predicted molar refractivity (Wildman–Crippen MR) is 89.6 cm³/mol. The standard InChI is InChI=1S/C16H18F3N5O5/c17-16(18,19)10-3-20-4-11(22-10)23-13-14(28)9(25)6-29-15(13)8-5-24(7-21-8)2-1-12(26)27/h3-5,7,9,13-15,25,28H,1-2,6H2,(H,22,23)(H,26,27)/t9-,13+,14-,15+/m0/s1. The van der Waals surface area contributed by atoms with Gasteiger partial charge in [-0.3, -0.25) is 9.78 Å². The summed E-state index contributed by atoms with van der Waals surface area (Å²) in [5.41, 5.74) is -0.914. The number of aliphatic carboxylic acids is 1. The molecule has 3 heterocycles. The lowest BCUT2D eigenvalue weighted by atomic mass is 9.95. The molecule has 0 spiro atoms. The minimum atomic E-state index is -4.70. The van der Waals surface area contributed by atoms with Crippen LogP contribution in [0.25, 0.3) is 0 Å². The van der Waals surface area contributed by atoms with E-state index in [-0.39, 0.29) is 25.4 Å². The molecule has 1 aliphatic heterocycles. The number of aryl methyl sites for hydroxylation is 1. The van der Waals surface area contributed by atoms with Gasteiger partial charge in [0.1, 0.15) is 24.1 Å². The number of nitrogens with one attached hydrogen (secondary N) is 1. The Morgan fingerprint density at radius 1 is 1.34 bits per heavy atom. The monoisotopic (exact) mass is 417 g/mol. The summed E-state index contributed by atoms with van der Waals surface area (Å²) in [6, 6.07) is -1.08. The van der Waals surface area contributed by atoms with E-state index in [1.807, 2.05) is 0 Å². The van der Waals surface area contributed by atoms with Crippen LogP contribution < -0.4 is 5.32 Å². The van der Waals surface area contributed by atoms with E-state index in [1.54, 1.807) is 0 Å². The van der Waals surface area contributed by atoms with Crippen molar-refractivity contribution in [1.82, 2.24) is 19.5 Å². The lowest BCUT2D eigenvalue weighted by Gasteiger charge is -2.38. The molecular formula is C16H18F3N5O5. The molecule has 0 unspecified atom stereocenters. The molecule has 0 aromatic carbocycles. The van der Waals surface area contributed by atoms with E-state index in [9.17, 15) is 28.2 Å². The summed E-state index contributed by atoms with van der Waals surface area (Å²) in [5, 5.41) is 31.7. The molecule has 158 valence electrons. The Bertz CT molecular complexity index is 861. The Balaban J connectivity index is 1.82. The fourth-order valence-corrected chi connectivity index (χ4v) is 2.87. The van der Waals surface area contributed by atoms with Gasteiger partial charge in [0, 0.05) is 12.7 Å². The van der Waals surface area contributed by atoms with Gasteiger partial charge in [-0.15, -0.1) is 0 Å². The number of aliphatic hydroxyl groups excluding tert-OH is 2. The summed E-state index contributed by atoms with van der Waals surface area (Å²) in [4.78, 5) is 21.8. The van der Waals surface area contributed by atoms with Crippen LogP contribution in [0.4, 0.5) is 19.0 Å². The van der Waals surface area contributed by atoms with Gasteiger partial charge in [0.05, 0.1) is 43.5 Å². The number of hydrogen-bond donors (Lipinski definition) is 4. The highest BCUT2D eigenvalue weighted by molar-refractivity contribution is 5.66. The Kier molecular flexibility index (Phi) is 6.00. The minimum absolute atomic E-state index is 0.135. The first-order chi connectivity index (χ1) is 13.6. The summed E-state index contributed by atoms with van der Waals surface area (Å²) < 4.78 is 45.6. The van der Waals surface area contributed by atoms with Crippen LogP contribution >= 0.6 is 0 Å². The molecule has 13 heteroatoms. The number of halogens is 3. The summed E-state index contributed by atoms with van der Waals surface area (Å²) in [6.07, 6.45) is -3.95. The Hall–Kier alpha value is -2.77. The molecule has 4 N–H and O–H groups in total. The van der Waals surface area contributed by atoms with E-state index in [1.165, 1.54) is 17.1 Å². The third-order valence-corrected chi connectivity index (χ3v) is 4.30. The van der Waals surface area contributed by atoms with E-state index in [2.05, 4.69) is 20.3 Å². The molecular weight excluding hydrogens is 399 g/mol. The molecule has 0 aliphatic carbocycles. The Morgan fingerprint density at radius 3 is 2.79 bits per heavy atom. The molecule has 1 saturated heterocycles. The number of carbonyl (C=O) groups is 1. The average Bonchev–Trinajstić information content (AvgIpc) is 3.12. The van der Waals surface area contributed by atoms with Gasteiger partial charge in [0.2, 0.25) is 0 Å². The summed E-state index contributed by atoms with van der Waals surface area (Å²) in [5.74, 6) is -1.26. The number of ether oxygens (including phenoxy) is 1. The topological polar surface area (TPSA) is 143 Å². The molecule has 3 rings (SSSR count). The van der Waals surface area contributed by atoms with Crippen LogP contribution in [0.2, 0.25) is 0 Å². The van der Waals surface area contributed by atoms with Crippen LogP contribution in [0.3, 0.4) is 0 Å². The van der Waals surface area contributed by atoms with Crippen molar-refractivity contribution in [1.29, 1.82) is 0 Å². The molecule has 2 aromatic rings. The van der Waals surface area contributed by atoms with Gasteiger partial charge in [0.25, 0.3) is 0 Å². The quantitative estimate of drug-likeness (QED) is 0.526. The maximum absolute atomic E-state index is 12.9. The van der Waals surface area contributed by atoms with Crippen LogP contribution in [-0.2, 0) is 22.3 Å². The van der Waals surface area contributed by atoms with E-state index >= 15 is 0 Å². The average molecular weight is 417 g/mol. The number of imidazole rings is 1. The zero-order valence-corrected chi connectivity index (χ0v) is 14.8. The third kappa shape index (κ3) is 4.99. The molecule has 4 atom stereocenters. The molecule has 0 radical (unpaired) electrons. The van der Waals surface area contributed by atoms with Crippen LogP contribution in [-0.4, -0.2) is 65.7 Å². The molecule has 1 aliphatic rings. The van der Waals surface area contributed by atoms with Crippen molar-refractivity contribution in [2.75, 3.05) is 11.9 Å². The Morgan fingerprint density at radius 2 is 2.10 bits per heavy atom. The van der Waals surface area contributed by atoms with Crippen LogP contribution in [0.15, 0.2) is 24.9 Å². The van der Waals surface area contributed by atoms with E-state index in [0.717, 1.165) is 6.20 Å². The van der Waals surface area contributed by atoms with Gasteiger partial charge in [0.15, 0.2) is 5.69 Å². The van der Waals surface area contributed by atoms with Crippen molar-refractivity contribution < 1.29 is 38.0 Å². The number of aromatic nitrogens is 4.